The molecule has 4 rings (SSSR count). The fourth-order valence-corrected chi connectivity index (χ4v) is 3.46. The number of rotatable bonds is 6. The molecule has 2 aromatic carbocycles. The van der Waals surface area contributed by atoms with Crippen LogP contribution in [0.2, 0.25) is 0 Å². The predicted octanol–water partition coefficient (Wildman–Crippen LogP) is 3.54. The van der Waals surface area contributed by atoms with Crippen molar-refractivity contribution in [3.05, 3.63) is 48.4 Å². The van der Waals surface area contributed by atoms with Crippen molar-refractivity contribution in [3.63, 3.8) is 0 Å². The summed E-state index contributed by atoms with van der Waals surface area (Å²) in [5.41, 5.74) is 2.64. The van der Waals surface area contributed by atoms with Gasteiger partial charge in [0, 0.05) is 37.3 Å². The molecule has 1 aliphatic heterocycles. The van der Waals surface area contributed by atoms with Gasteiger partial charge in [-0.1, -0.05) is 12.1 Å². The molecule has 0 spiro atoms. The van der Waals surface area contributed by atoms with Crippen molar-refractivity contribution in [2.75, 3.05) is 40.0 Å². The van der Waals surface area contributed by atoms with E-state index in [0.717, 1.165) is 26.2 Å². The third kappa shape index (κ3) is 4.63. The molecule has 29 heavy (non-hydrogen) atoms. The highest BCUT2D eigenvalue weighted by molar-refractivity contribution is 5.81. The Bertz CT molecular complexity index is 998. The lowest BCUT2D eigenvalue weighted by Gasteiger charge is -2.30. The number of hydrogen-bond donors (Lipinski definition) is 0. The van der Waals surface area contributed by atoms with Gasteiger partial charge >= 0.3 is 0 Å². The molecule has 2 heterocycles. The molecular weight excluding hydrogens is 373 g/mol. The van der Waals surface area contributed by atoms with Gasteiger partial charge in [0.25, 0.3) is 0 Å². The summed E-state index contributed by atoms with van der Waals surface area (Å²) in [6, 6.07) is 9.94. The Morgan fingerprint density at radius 2 is 2.07 bits per heavy atom. The van der Waals surface area contributed by atoms with Crippen LogP contribution < -0.4 is 9.47 Å². The summed E-state index contributed by atoms with van der Waals surface area (Å²) in [4.78, 5) is 11.4. The van der Waals surface area contributed by atoms with Gasteiger partial charge in [-0.2, -0.15) is 0 Å². The van der Waals surface area contributed by atoms with Gasteiger partial charge in [-0.15, -0.1) is 0 Å². The molecule has 0 saturated carbocycles. The average molecular weight is 397 g/mol. The first-order valence-corrected chi connectivity index (χ1v) is 9.70. The average Bonchev–Trinajstić information content (AvgIpc) is 2.73. The van der Waals surface area contributed by atoms with Crippen LogP contribution in [-0.2, 0) is 4.74 Å². The van der Waals surface area contributed by atoms with E-state index in [1.807, 2.05) is 6.07 Å². The zero-order valence-corrected chi connectivity index (χ0v) is 16.6. The summed E-state index contributed by atoms with van der Waals surface area (Å²) >= 11 is 0. The van der Waals surface area contributed by atoms with Crippen LogP contribution in [0.4, 0.5) is 4.39 Å². The number of halogens is 1. The SMILES string of the molecule is COc1cc2nc(-c3cccc(F)c3)cnc2cc1OCCN1CCO[C@H](C)C1. The second-order valence-corrected chi connectivity index (χ2v) is 7.09. The molecule has 0 radical (unpaired) electrons. The summed E-state index contributed by atoms with van der Waals surface area (Å²) in [6.45, 7) is 6.02. The molecule has 0 unspecified atom stereocenters. The Balaban J connectivity index is 1.52. The fraction of sp³-hybridized carbons (Fsp3) is 0.364. The highest BCUT2D eigenvalue weighted by atomic mass is 19.1. The van der Waals surface area contributed by atoms with E-state index in [1.165, 1.54) is 12.1 Å². The smallest absolute Gasteiger partial charge is 0.163 e. The number of fused-ring (bicyclic) bond motifs is 1. The minimum absolute atomic E-state index is 0.251. The van der Waals surface area contributed by atoms with Crippen molar-refractivity contribution >= 4 is 11.0 Å². The second-order valence-electron chi connectivity index (χ2n) is 7.09. The molecule has 7 heteroatoms. The lowest BCUT2D eigenvalue weighted by molar-refractivity contribution is -0.0214. The summed E-state index contributed by atoms with van der Waals surface area (Å²) < 4.78 is 30.6. The van der Waals surface area contributed by atoms with Crippen LogP contribution in [0, 0.1) is 5.82 Å². The fourth-order valence-electron chi connectivity index (χ4n) is 3.46. The third-order valence-electron chi connectivity index (χ3n) is 4.94. The van der Waals surface area contributed by atoms with Crippen LogP contribution in [-0.4, -0.2) is 60.9 Å². The molecule has 152 valence electrons. The lowest BCUT2D eigenvalue weighted by atomic mass is 10.1. The van der Waals surface area contributed by atoms with E-state index in [2.05, 4.69) is 21.8 Å². The van der Waals surface area contributed by atoms with Gasteiger partial charge in [0.1, 0.15) is 12.4 Å². The molecule has 3 aromatic rings. The van der Waals surface area contributed by atoms with Gasteiger partial charge in [0.15, 0.2) is 11.5 Å². The Labute approximate surface area is 169 Å². The number of methoxy groups -OCH3 is 1. The number of aromatic nitrogens is 2. The highest BCUT2D eigenvalue weighted by Crippen LogP contribution is 2.32. The number of ether oxygens (including phenoxy) is 3. The van der Waals surface area contributed by atoms with Crippen LogP contribution in [0.25, 0.3) is 22.3 Å². The third-order valence-corrected chi connectivity index (χ3v) is 4.94. The van der Waals surface area contributed by atoms with E-state index in [9.17, 15) is 4.39 Å². The molecule has 1 atom stereocenters. The first kappa shape index (κ1) is 19.5. The minimum atomic E-state index is -0.305. The molecule has 0 aliphatic carbocycles. The minimum Gasteiger partial charge on any atom is -0.493 e. The van der Waals surface area contributed by atoms with Crippen molar-refractivity contribution in [3.8, 4) is 22.8 Å². The van der Waals surface area contributed by atoms with Gasteiger partial charge in [-0.3, -0.25) is 9.88 Å². The lowest BCUT2D eigenvalue weighted by Crippen LogP contribution is -2.42. The zero-order chi connectivity index (χ0) is 20.2. The van der Waals surface area contributed by atoms with E-state index in [1.54, 1.807) is 31.5 Å². The normalized spacial score (nSPS) is 17.4. The molecule has 1 fully saturated rings. The summed E-state index contributed by atoms with van der Waals surface area (Å²) in [6.07, 6.45) is 1.89. The number of hydrogen-bond acceptors (Lipinski definition) is 6. The zero-order valence-electron chi connectivity index (χ0n) is 16.6. The summed E-state index contributed by atoms with van der Waals surface area (Å²) in [7, 11) is 1.60. The van der Waals surface area contributed by atoms with Crippen LogP contribution in [0.5, 0.6) is 11.5 Å². The van der Waals surface area contributed by atoms with Gasteiger partial charge in [0.2, 0.25) is 0 Å². The quantitative estimate of drug-likeness (QED) is 0.634. The molecular formula is C22H24FN3O3. The van der Waals surface area contributed by atoms with E-state index < -0.39 is 0 Å². The Morgan fingerprint density at radius 1 is 1.21 bits per heavy atom. The maximum atomic E-state index is 13.5. The molecule has 1 aliphatic rings. The molecule has 0 N–H and O–H groups in total. The van der Waals surface area contributed by atoms with Gasteiger partial charge in [-0.25, -0.2) is 9.37 Å². The van der Waals surface area contributed by atoms with Crippen LogP contribution in [0.15, 0.2) is 42.6 Å². The Morgan fingerprint density at radius 3 is 2.86 bits per heavy atom. The van der Waals surface area contributed by atoms with Crippen LogP contribution in [0.3, 0.4) is 0 Å². The Kier molecular flexibility index (Phi) is 5.87. The van der Waals surface area contributed by atoms with Gasteiger partial charge in [0.05, 0.1) is 42.7 Å². The molecule has 1 saturated heterocycles. The van der Waals surface area contributed by atoms with E-state index in [-0.39, 0.29) is 11.9 Å². The summed E-state index contributed by atoms with van der Waals surface area (Å²) in [5, 5.41) is 0. The molecule has 6 nitrogen and oxygen atoms in total. The first-order chi connectivity index (χ1) is 14.1. The molecule has 0 bridgehead atoms. The largest absolute Gasteiger partial charge is 0.493 e. The first-order valence-electron chi connectivity index (χ1n) is 9.70. The summed E-state index contributed by atoms with van der Waals surface area (Å²) in [5.74, 6) is 0.924. The second kappa shape index (κ2) is 8.71. The van der Waals surface area contributed by atoms with Gasteiger partial charge < -0.3 is 14.2 Å². The highest BCUT2D eigenvalue weighted by Gasteiger charge is 2.17. The maximum Gasteiger partial charge on any atom is 0.163 e. The Hall–Kier alpha value is -2.77. The van der Waals surface area contributed by atoms with Crippen molar-refractivity contribution in [2.24, 2.45) is 0 Å². The van der Waals surface area contributed by atoms with Crippen molar-refractivity contribution in [1.29, 1.82) is 0 Å². The topological polar surface area (TPSA) is 56.7 Å². The standard InChI is InChI=1S/C22H24FN3O3/c1-15-14-26(6-8-28-15)7-9-29-22-11-18-19(12-21(22)27-2)25-20(13-24-18)16-4-3-5-17(23)10-16/h3-5,10-13,15H,6-9,14H2,1-2H3/t15-/m1/s1. The molecule has 0 amide bonds. The number of benzene rings is 2. The van der Waals surface area contributed by atoms with Gasteiger partial charge in [-0.05, 0) is 19.1 Å². The number of morpholine rings is 1. The van der Waals surface area contributed by atoms with Crippen molar-refractivity contribution < 1.29 is 18.6 Å². The van der Waals surface area contributed by atoms with Crippen molar-refractivity contribution in [1.82, 2.24) is 14.9 Å². The van der Waals surface area contributed by atoms with Crippen molar-refractivity contribution in [2.45, 2.75) is 13.0 Å². The predicted molar refractivity (Wildman–Crippen MR) is 109 cm³/mol. The molecule has 1 aromatic heterocycles. The van der Waals surface area contributed by atoms with Crippen LogP contribution in [0.1, 0.15) is 6.92 Å². The number of nitrogens with zero attached hydrogens (tertiary/aromatic N) is 3. The maximum absolute atomic E-state index is 13.5. The van der Waals surface area contributed by atoms with E-state index >= 15 is 0 Å². The van der Waals surface area contributed by atoms with Crippen LogP contribution >= 0.6 is 0 Å². The van der Waals surface area contributed by atoms with E-state index in [4.69, 9.17) is 14.2 Å². The van der Waals surface area contributed by atoms with E-state index in [0.29, 0.717) is 40.4 Å². The monoisotopic (exact) mass is 397 g/mol.